The molecule has 0 N–H and O–H groups in total. The van der Waals surface area contributed by atoms with Crippen molar-refractivity contribution >= 4 is 12.2 Å². The molecule has 0 radical (unpaired) electrons. The van der Waals surface area contributed by atoms with E-state index in [1.54, 1.807) is 0 Å². The van der Waals surface area contributed by atoms with Crippen LogP contribution in [-0.4, -0.2) is 37.5 Å². The van der Waals surface area contributed by atoms with Crippen molar-refractivity contribution in [2.45, 2.75) is 37.8 Å². The van der Waals surface area contributed by atoms with Crippen molar-refractivity contribution in [2.75, 3.05) is 13.2 Å². The molecular formula is C11H15NO3. The van der Waals surface area contributed by atoms with Gasteiger partial charge in [0.1, 0.15) is 12.1 Å². The van der Waals surface area contributed by atoms with Gasteiger partial charge in [-0.2, -0.15) is 0 Å². The van der Waals surface area contributed by atoms with Gasteiger partial charge in [-0.25, -0.2) is 4.99 Å². The van der Waals surface area contributed by atoms with Crippen LogP contribution in [0.5, 0.6) is 0 Å². The molecule has 2 fully saturated rings. The highest BCUT2D eigenvalue weighted by molar-refractivity contribution is 5.88. The van der Waals surface area contributed by atoms with Crippen LogP contribution in [0, 0.1) is 5.41 Å². The first-order chi connectivity index (χ1) is 7.29. The number of Topliss-reactive ketones (excluding diaryl/α,β-unsaturated/α-hetero) is 1. The number of ether oxygens (including phenoxy) is 2. The largest absolute Gasteiger partial charge is 0.478 e. The average Bonchev–Trinajstić information content (AvgIpc) is 2.67. The molecule has 3 rings (SSSR count). The van der Waals surface area contributed by atoms with E-state index in [1.165, 1.54) is 6.40 Å². The monoisotopic (exact) mass is 209 g/mol. The smallest absolute Gasteiger partial charge is 0.170 e. The molecule has 0 amide bonds. The van der Waals surface area contributed by atoms with Gasteiger partial charge in [0.25, 0.3) is 0 Å². The Morgan fingerprint density at radius 2 is 2.20 bits per heavy atom. The number of aliphatic imine (C=N–C) groups is 1. The van der Waals surface area contributed by atoms with E-state index in [2.05, 4.69) is 4.99 Å². The van der Waals surface area contributed by atoms with Crippen molar-refractivity contribution < 1.29 is 14.3 Å². The Bertz CT molecular complexity index is 307. The van der Waals surface area contributed by atoms with Crippen LogP contribution < -0.4 is 0 Å². The minimum Gasteiger partial charge on any atom is -0.478 e. The summed E-state index contributed by atoms with van der Waals surface area (Å²) in [6.45, 7) is 1.57. The minimum atomic E-state index is -0.210. The first-order valence-electron chi connectivity index (χ1n) is 5.57. The Kier molecular flexibility index (Phi) is 2.06. The fourth-order valence-electron chi connectivity index (χ4n) is 2.96. The van der Waals surface area contributed by atoms with Crippen LogP contribution in [0.25, 0.3) is 0 Å². The normalized spacial score (nSPS) is 37.7. The lowest BCUT2D eigenvalue weighted by Gasteiger charge is -2.42. The molecule has 0 bridgehead atoms. The van der Waals surface area contributed by atoms with Crippen LogP contribution in [-0.2, 0) is 14.3 Å². The zero-order valence-corrected chi connectivity index (χ0v) is 8.65. The summed E-state index contributed by atoms with van der Waals surface area (Å²) in [6, 6.07) is -0.210. The third-order valence-electron chi connectivity index (χ3n) is 3.88. The van der Waals surface area contributed by atoms with Crippen LogP contribution in [0.3, 0.4) is 0 Å². The third kappa shape index (κ3) is 1.47. The Morgan fingerprint density at radius 1 is 1.40 bits per heavy atom. The van der Waals surface area contributed by atoms with Gasteiger partial charge in [-0.05, 0) is 24.7 Å². The van der Waals surface area contributed by atoms with E-state index < -0.39 is 0 Å². The summed E-state index contributed by atoms with van der Waals surface area (Å²) in [7, 11) is 0. The standard InChI is InChI=1S/C11H15NO3/c13-8-5-11(1-3-14-4-2-11)6-9-10(8)12-7-15-9/h7,9-10H,1-6H2. The van der Waals surface area contributed by atoms with E-state index in [1.807, 2.05) is 0 Å². The van der Waals surface area contributed by atoms with E-state index in [4.69, 9.17) is 9.47 Å². The highest BCUT2D eigenvalue weighted by Gasteiger charge is 2.48. The molecule has 2 heterocycles. The first kappa shape index (κ1) is 9.33. The number of ketones is 1. The molecule has 4 heteroatoms. The van der Waals surface area contributed by atoms with E-state index in [-0.39, 0.29) is 23.3 Å². The van der Waals surface area contributed by atoms with Crippen molar-refractivity contribution in [3.8, 4) is 0 Å². The predicted molar refractivity (Wildman–Crippen MR) is 53.9 cm³/mol. The highest BCUT2D eigenvalue weighted by atomic mass is 16.5. The SMILES string of the molecule is O=C1CC2(CCOCC2)CC2OC=NC12. The van der Waals surface area contributed by atoms with Gasteiger partial charge in [-0.3, -0.25) is 4.79 Å². The Morgan fingerprint density at radius 3 is 3.00 bits per heavy atom. The highest BCUT2D eigenvalue weighted by Crippen LogP contribution is 2.45. The summed E-state index contributed by atoms with van der Waals surface area (Å²) >= 11 is 0. The van der Waals surface area contributed by atoms with Gasteiger partial charge < -0.3 is 9.47 Å². The number of hydrogen-bond donors (Lipinski definition) is 0. The molecule has 15 heavy (non-hydrogen) atoms. The van der Waals surface area contributed by atoms with E-state index in [0.717, 1.165) is 32.5 Å². The number of fused-ring (bicyclic) bond motifs is 1. The molecule has 2 unspecified atom stereocenters. The number of carbonyl (C=O) groups is 1. The van der Waals surface area contributed by atoms with Crippen molar-refractivity contribution in [3.05, 3.63) is 0 Å². The van der Waals surface area contributed by atoms with Crippen LogP contribution in [0.4, 0.5) is 0 Å². The lowest BCUT2D eigenvalue weighted by molar-refractivity contribution is -0.132. The summed E-state index contributed by atoms with van der Waals surface area (Å²) in [5.74, 6) is 0.252. The maximum absolute atomic E-state index is 11.9. The van der Waals surface area contributed by atoms with Crippen LogP contribution in [0.2, 0.25) is 0 Å². The van der Waals surface area contributed by atoms with E-state index >= 15 is 0 Å². The van der Waals surface area contributed by atoms with Crippen molar-refractivity contribution in [3.63, 3.8) is 0 Å². The molecular weight excluding hydrogens is 194 g/mol. The molecule has 1 aliphatic carbocycles. The number of nitrogens with zero attached hydrogens (tertiary/aromatic N) is 1. The van der Waals surface area contributed by atoms with Gasteiger partial charge in [-0.1, -0.05) is 0 Å². The molecule has 4 nitrogen and oxygen atoms in total. The fraction of sp³-hybridized carbons (Fsp3) is 0.818. The van der Waals surface area contributed by atoms with Gasteiger partial charge in [-0.15, -0.1) is 0 Å². The summed E-state index contributed by atoms with van der Waals surface area (Å²) in [5.41, 5.74) is 0.143. The van der Waals surface area contributed by atoms with Crippen molar-refractivity contribution in [1.29, 1.82) is 0 Å². The topological polar surface area (TPSA) is 47.9 Å². The van der Waals surface area contributed by atoms with Gasteiger partial charge >= 0.3 is 0 Å². The molecule has 3 aliphatic rings. The Hall–Kier alpha value is -0.900. The fourth-order valence-corrected chi connectivity index (χ4v) is 2.96. The van der Waals surface area contributed by atoms with Crippen LogP contribution in [0.15, 0.2) is 4.99 Å². The molecule has 0 aromatic heterocycles. The zero-order chi connectivity index (χ0) is 10.3. The summed E-state index contributed by atoms with van der Waals surface area (Å²) in [6.07, 6.45) is 5.07. The van der Waals surface area contributed by atoms with Gasteiger partial charge in [0.15, 0.2) is 12.2 Å². The van der Waals surface area contributed by atoms with Gasteiger partial charge in [0, 0.05) is 19.6 Å². The van der Waals surface area contributed by atoms with Crippen molar-refractivity contribution in [1.82, 2.24) is 0 Å². The molecule has 1 saturated carbocycles. The lowest BCUT2D eigenvalue weighted by atomic mass is 9.66. The summed E-state index contributed by atoms with van der Waals surface area (Å²) < 4.78 is 10.8. The molecule has 0 aromatic carbocycles. The first-order valence-corrected chi connectivity index (χ1v) is 5.57. The van der Waals surface area contributed by atoms with Gasteiger partial charge in [0.2, 0.25) is 0 Å². The summed E-state index contributed by atoms with van der Waals surface area (Å²) in [5, 5.41) is 0. The minimum absolute atomic E-state index is 0.00403. The average molecular weight is 209 g/mol. The number of hydrogen-bond acceptors (Lipinski definition) is 4. The van der Waals surface area contributed by atoms with Gasteiger partial charge in [0.05, 0.1) is 0 Å². The number of rotatable bonds is 0. The second-order valence-corrected chi connectivity index (χ2v) is 4.83. The molecule has 1 saturated heterocycles. The second kappa shape index (κ2) is 3.30. The maximum Gasteiger partial charge on any atom is 0.170 e. The molecule has 2 atom stereocenters. The molecule has 2 aliphatic heterocycles. The predicted octanol–water partition coefficient (Wildman–Crippen LogP) is 0.942. The summed E-state index contributed by atoms with van der Waals surface area (Å²) in [4.78, 5) is 16.0. The molecule has 82 valence electrons. The quantitative estimate of drug-likeness (QED) is 0.596. The van der Waals surface area contributed by atoms with Crippen molar-refractivity contribution in [2.24, 2.45) is 10.4 Å². The lowest BCUT2D eigenvalue weighted by Crippen LogP contribution is -2.46. The molecule has 0 aromatic rings. The maximum atomic E-state index is 11.9. The Balaban J connectivity index is 1.80. The van der Waals surface area contributed by atoms with E-state index in [9.17, 15) is 4.79 Å². The number of carbonyl (C=O) groups excluding carboxylic acids is 1. The third-order valence-corrected chi connectivity index (χ3v) is 3.88. The second-order valence-electron chi connectivity index (χ2n) is 4.83. The molecule has 1 spiro atoms. The van der Waals surface area contributed by atoms with Crippen LogP contribution in [0.1, 0.15) is 25.7 Å². The van der Waals surface area contributed by atoms with Crippen LogP contribution >= 0.6 is 0 Å². The Labute approximate surface area is 88.7 Å². The zero-order valence-electron chi connectivity index (χ0n) is 8.65. The van der Waals surface area contributed by atoms with E-state index in [0.29, 0.717) is 6.42 Å².